The third-order valence-corrected chi connectivity index (χ3v) is 0.175. The van der Waals surface area contributed by atoms with Crippen LogP contribution in [0.3, 0.4) is 0 Å². The van der Waals surface area contributed by atoms with Crippen LogP contribution in [0, 0.1) is 0 Å². The van der Waals surface area contributed by atoms with Gasteiger partial charge in [-0.25, -0.2) is 4.79 Å². The van der Waals surface area contributed by atoms with Crippen molar-refractivity contribution in [1.82, 2.24) is 0 Å². The molecule has 0 aliphatic heterocycles. The van der Waals surface area contributed by atoms with Crippen molar-refractivity contribution >= 4 is 14.2 Å². The molecule has 54 valence electrons. The van der Waals surface area contributed by atoms with Gasteiger partial charge in [0.2, 0.25) is 0 Å². The van der Waals surface area contributed by atoms with Gasteiger partial charge in [0, 0.05) is 6.08 Å². The van der Waals surface area contributed by atoms with Crippen molar-refractivity contribution in [2.24, 2.45) is 0 Å². The van der Waals surface area contributed by atoms with E-state index in [1.54, 1.807) is 0 Å². The average Bonchev–Trinajstić information content (AvgIpc) is 1.65. The van der Waals surface area contributed by atoms with Gasteiger partial charge in [0.1, 0.15) is 0 Å². The standard InChI is InChI=1S/C3H4O2.H3O3P/c1-2-3(4)5;1-4(2)3/h2H,1H2,(H,4,5);4H,(H2,1,2,3). The highest BCUT2D eigenvalue weighted by Gasteiger charge is 1.73. The van der Waals surface area contributed by atoms with Crippen LogP contribution in [0.1, 0.15) is 0 Å². The molecule has 0 fully saturated rings. The van der Waals surface area contributed by atoms with Gasteiger partial charge < -0.3 is 14.9 Å². The third kappa shape index (κ3) is 114. The molecule has 0 saturated heterocycles. The van der Waals surface area contributed by atoms with Gasteiger partial charge in [-0.15, -0.1) is 0 Å². The van der Waals surface area contributed by atoms with Crippen LogP contribution in [0.4, 0.5) is 0 Å². The molecule has 0 amide bonds. The summed E-state index contributed by atoms with van der Waals surface area (Å²) >= 11 is 0. The van der Waals surface area contributed by atoms with Crippen LogP contribution < -0.4 is 0 Å². The minimum Gasteiger partial charge on any atom is -0.478 e. The second-order valence-electron chi connectivity index (χ2n) is 0.825. The number of carboxylic acid groups (broad SMARTS) is 1. The van der Waals surface area contributed by atoms with Gasteiger partial charge in [-0.05, 0) is 0 Å². The minimum atomic E-state index is -3.13. The first-order valence-electron chi connectivity index (χ1n) is 1.78. The predicted octanol–water partition coefficient (Wildman–Crippen LogP) is -0.382. The molecule has 0 saturated carbocycles. The van der Waals surface area contributed by atoms with Gasteiger partial charge in [0.05, 0.1) is 0 Å². The quantitative estimate of drug-likeness (QED) is 0.353. The Balaban J connectivity index is 0. The van der Waals surface area contributed by atoms with E-state index in [4.69, 9.17) is 19.5 Å². The zero-order valence-corrected chi connectivity index (χ0v) is 5.44. The maximum atomic E-state index is 9.25. The lowest BCUT2D eigenvalue weighted by Crippen LogP contribution is -1.82. The second-order valence-corrected chi connectivity index (χ2v) is 1.39. The first-order valence-corrected chi connectivity index (χ1v) is 3.08. The molecule has 9 heavy (non-hydrogen) atoms. The Morgan fingerprint density at radius 2 is 1.67 bits per heavy atom. The highest BCUT2D eigenvalue weighted by atomic mass is 31.1. The molecule has 0 radical (unpaired) electrons. The van der Waals surface area contributed by atoms with E-state index in [1.165, 1.54) is 0 Å². The first-order chi connectivity index (χ1) is 4.00. The van der Waals surface area contributed by atoms with Crippen molar-refractivity contribution in [1.29, 1.82) is 0 Å². The number of hydrogen-bond donors (Lipinski definition) is 3. The average molecular weight is 154 g/mol. The van der Waals surface area contributed by atoms with Crippen LogP contribution in [-0.2, 0) is 9.36 Å². The molecule has 0 heterocycles. The molecule has 0 aromatic carbocycles. The fourth-order valence-electron chi connectivity index (χ4n) is 0. The number of hydrogen-bond acceptors (Lipinski definition) is 2. The summed E-state index contributed by atoms with van der Waals surface area (Å²) in [6.07, 6.45) is 0.833. The summed E-state index contributed by atoms with van der Waals surface area (Å²) in [5, 5.41) is 7.60. The van der Waals surface area contributed by atoms with E-state index in [0.717, 1.165) is 6.08 Å². The van der Waals surface area contributed by atoms with Crippen molar-refractivity contribution < 1.29 is 24.3 Å². The van der Waals surface area contributed by atoms with E-state index in [9.17, 15) is 4.79 Å². The van der Waals surface area contributed by atoms with E-state index in [1.807, 2.05) is 0 Å². The fraction of sp³-hybridized carbons (Fsp3) is 0. The number of carboxylic acids is 1. The van der Waals surface area contributed by atoms with Crippen LogP contribution >= 0.6 is 8.25 Å². The molecular weight excluding hydrogens is 147 g/mol. The Bertz CT molecular complexity index is 115. The maximum Gasteiger partial charge on any atom is 0.327 e. The Morgan fingerprint density at radius 3 is 1.67 bits per heavy atom. The van der Waals surface area contributed by atoms with Gasteiger partial charge in [0.15, 0.2) is 0 Å². The Morgan fingerprint density at radius 1 is 1.56 bits per heavy atom. The second kappa shape index (κ2) is 7.36. The zero-order valence-electron chi connectivity index (χ0n) is 4.44. The van der Waals surface area contributed by atoms with Crippen LogP contribution in [0.25, 0.3) is 0 Å². The van der Waals surface area contributed by atoms with Crippen molar-refractivity contribution in [3.63, 3.8) is 0 Å². The van der Waals surface area contributed by atoms with E-state index in [-0.39, 0.29) is 0 Å². The third-order valence-electron chi connectivity index (χ3n) is 0.175. The van der Waals surface area contributed by atoms with Crippen molar-refractivity contribution in [3.05, 3.63) is 12.7 Å². The molecular formula is C3H7O5P. The molecule has 0 rings (SSSR count). The zero-order chi connectivity index (χ0) is 7.86. The van der Waals surface area contributed by atoms with Gasteiger partial charge >= 0.3 is 14.2 Å². The predicted molar refractivity (Wildman–Crippen MR) is 31.3 cm³/mol. The lowest BCUT2D eigenvalue weighted by atomic mass is 10.7. The molecule has 0 aromatic heterocycles. The monoisotopic (exact) mass is 154 g/mol. The molecule has 0 aliphatic carbocycles. The van der Waals surface area contributed by atoms with Gasteiger partial charge in [0.25, 0.3) is 0 Å². The number of carbonyl (C=O) groups is 1. The summed E-state index contributed by atoms with van der Waals surface area (Å²) in [5.74, 6) is -0.981. The van der Waals surface area contributed by atoms with Crippen LogP contribution in [0.5, 0.6) is 0 Å². The molecule has 0 atom stereocenters. The summed E-state index contributed by atoms with van der Waals surface area (Å²) in [6, 6.07) is 0. The Labute approximate surface area is 52.2 Å². The van der Waals surface area contributed by atoms with Crippen molar-refractivity contribution in [3.8, 4) is 0 Å². The van der Waals surface area contributed by atoms with Crippen LogP contribution in [0.2, 0.25) is 0 Å². The summed E-state index contributed by atoms with van der Waals surface area (Å²) in [6.45, 7) is 2.96. The molecule has 0 aromatic rings. The summed E-state index contributed by atoms with van der Waals surface area (Å²) < 4.78 is 8.74. The van der Waals surface area contributed by atoms with Gasteiger partial charge in [-0.3, -0.25) is 4.57 Å². The molecule has 3 N–H and O–H groups in total. The topological polar surface area (TPSA) is 94.8 Å². The lowest BCUT2D eigenvalue weighted by Gasteiger charge is -1.64. The maximum absolute atomic E-state index is 9.25. The minimum absolute atomic E-state index is 0.833. The lowest BCUT2D eigenvalue weighted by molar-refractivity contribution is -0.131. The molecule has 5 nitrogen and oxygen atoms in total. The molecule has 0 unspecified atom stereocenters. The van der Waals surface area contributed by atoms with Crippen LogP contribution in [0.15, 0.2) is 12.7 Å². The van der Waals surface area contributed by atoms with Crippen LogP contribution in [-0.4, -0.2) is 20.9 Å². The summed E-state index contributed by atoms with van der Waals surface area (Å²) in [5.41, 5.74) is 0. The molecule has 0 bridgehead atoms. The first kappa shape index (κ1) is 11.2. The Kier molecular flexibility index (Phi) is 9.16. The largest absolute Gasteiger partial charge is 0.478 e. The van der Waals surface area contributed by atoms with Gasteiger partial charge in [-0.2, -0.15) is 0 Å². The summed E-state index contributed by atoms with van der Waals surface area (Å²) in [7, 11) is -3.13. The van der Waals surface area contributed by atoms with Crippen molar-refractivity contribution in [2.75, 3.05) is 0 Å². The number of rotatable bonds is 1. The van der Waals surface area contributed by atoms with E-state index >= 15 is 0 Å². The smallest absolute Gasteiger partial charge is 0.327 e. The summed E-state index contributed by atoms with van der Waals surface area (Å²) in [4.78, 5) is 23.6. The molecule has 0 aliphatic rings. The van der Waals surface area contributed by atoms with Crippen molar-refractivity contribution in [2.45, 2.75) is 0 Å². The molecule has 6 heteroatoms. The highest BCUT2D eigenvalue weighted by Crippen LogP contribution is 1.98. The van der Waals surface area contributed by atoms with E-state index in [2.05, 4.69) is 6.58 Å². The SMILES string of the molecule is C=CC(=O)O.O=[PH](O)O. The normalized spacial score (nSPS) is 7.44. The fourth-order valence-corrected chi connectivity index (χ4v) is 0. The van der Waals surface area contributed by atoms with E-state index in [0.29, 0.717) is 0 Å². The Hall–Kier alpha value is -0.640. The van der Waals surface area contributed by atoms with E-state index < -0.39 is 14.2 Å². The number of aliphatic carboxylic acids is 1. The van der Waals surface area contributed by atoms with Gasteiger partial charge in [-0.1, -0.05) is 6.58 Å². The molecule has 0 spiro atoms. The highest BCUT2D eigenvalue weighted by molar-refractivity contribution is 7.30.